The van der Waals surface area contributed by atoms with Crippen molar-refractivity contribution in [2.75, 3.05) is 13.1 Å². The molecule has 0 bridgehead atoms. The second-order valence-corrected chi connectivity index (χ2v) is 7.34. The number of carbonyl (C=O) groups is 1. The zero-order valence-electron chi connectivity index (χ0n) is 15.7. The minimum absolute atomic E-state index is 0.569. The summed E-state index contributed by atoms with van der Waals surface area (Å²) >= 11 is 0. The van der Waals surface area contributed by atoms with Crippen LogP contribution in [-0.2, 0) is 11.8 Å². The van der Waals surface area contributed by atoms with Gasteiger partial charge in [-0.15, -0.1) is 0 Å². The van der Waals surface area contributed by atoms with Gasteiger partial charge in [0.25, 0.3) is 0 Å². The molecule has 0 spiro atoms. The third-order valence-corrected chi connectivity index (χ3v) is 5.55. The summed E-state index contributed by atoms with van der Waals surface area (Å²) in [5.74, 6) is -0.672. The normalized spacial score (nSPS) is 20.9. The fraction of sp³-hybridized carbons (Fsp3) is 0.409. The number of aliphatic carboxylic acids is 1. The van der Waals surface area contributed by atoms with Gasteiger partial charge >= 0.3 is 5.97 Å². The van der Waals surface area contributed by atoms with E-state index in [1.54, 1.807) is 0 Å². The van der Waals surface area contributed by atoms with Crippen molar-refractivity contribution in [2.45, 2.75) is 32.6 Å². The molecule has 26 heavy (non-hydrogen) atoms. The summed E-state index contributed by atoms with van der Waals surface area (Å²) < 4.78 is 2.12. The highest BCUT2D eigenvalue weighted by molar-refractivity contribution is 5.80. The lowest BCUT2D eigenvalue weighted by molar-refractivity contribution is -0.150. The highest BCUT2D eigenvalue weighted by Gasteiger charge is 2.38. The Kier molecular flexibility index (Phi) is 5.62. The molecular weight excluding hydrogens is 324 g/mol. The van der Waals surface area contributed by atoms with E-state index in [0.29, 0.717) is 13.0 Å². The standard InChI is InChI=1S/C22H28N2O2/c1-17-8-3-4-9-18(17)19(20-11-6-15-24(20)2)10-5-12-22(21(25)26)13-7-14-23-16-22/h3-4,6,8-11,15,23H,5,7,12-14,16H2,1-2H3,(H,25,26). The molecule has 0 amide bonds. The molecule has 4 nitrogen and oxygen atoms in total. The Bertz CT molecular complexity index is 798. The van der Waals surface area contributed by atoms with Crippen LogP contribution >= 0.6 is 0 Å². The Morgan fingerprint density at radius 1 is 1.31 bits per heavy atom. The first-order valence-electron chi connectivity index (χ1n) is 9.35. The zero-order valence-corrected chi connectivity index (χ0v) is 15.7. The van der Waals surface area contributed by atoms with E-state index in [1.165, 1.54) is 16.7 Å². The molecule has 1 fully saturated rings. The van der Waals surface area contributed by atoms with Crippen LogP contribution in [0.15, 0.2) is 48.7 Å². The molecule has 138 valence electrons. The molecule has 2 N–H and O–H groups in total. The van der Waals surface area contributed by atoms with Crippen LogP contribution < -0.4 is 5.32 Å². The SMILES string of the molecule is Cc1ccccc1C(=CCCC1(C(=O)O)CCCNC1)c1cccn1C. The lowest BCUT2D eigenvalue weighted by atomic mass is 9.76. The van der Waals surface area contributed by atoms with Gasteiger partial charge in [-0.25, -0.2) is 0 Å². The first-order valence-corrected chi connectivity index (χ1v) is 9.35. The molecule has 0 aliphatic carbocycles. The van der Waals surface area contributed by atoms with E-state index >= 15 is 0 Å². The smallest absolute Gasteiger partial charge is 0.310 e. The van der Waals surface area contributed by atoms with Gasteiger partial charge in [-0.2, -0.15) is 0 Å². The van der Waals surface area contributed by atoms with Crippen molar-refractivity contribution in [2.24, 2.45) is 12.5 Å². The van der Waals surface area contributed by atoms with E-state index in [0.717, 1.165) is 31.5 Å². The summed E-state index contributed by atoms with van der Waals surface area (Å²) in [6.07, 6.45) is 7.37. The number of nitrogens with zero attached hydrogens (tertiary/aromatic N) is 1. The van der Waals surface area contributed by atoms with Crippen molar-refractivity contribution < 1.29 is 9.90 Å². The molecular formula is C22H28N2O2. The van der Waals surface area contributed by atoms with Crippen LogP contribution in [0.1, 0.15) is 42.5 Å². The molecule has 3 rings (SSSR count). The summed E-state index contributed by atoms with van der Waals surface area (Å²) in [7, 11) is 2.05. The lowest BCUT2D eigenvalue weighted by Crippen LogP contribution is -2.45. The first-order chi connectivity index (χ1) is 12.5. The van der Waals surface area contributed by atoms with Gasteiger partial charge in [0, 0.05) is 31.1 Å². The Labute approximate surface area is 155 Å². The van der Waals surface area contributed by atoms with E-state index in [2.05, 4.69) is 53.2 Å². The maximum absolute atomic E-state index is 11.9. The summed E-state index contributed by atoms with van der Waals surface area (Å²) in [5, 5.41) is 13.0. The summed E-state index contributed by atoms with van der Waals surface area (Å²) in [6, 6.07) is 12.5. The van der Waals surface area contributed by atoms with E-state index < -0.39 is 11.4 Å². The second-order valence-electron chi connectivity index (χ2n) is 7.34. The fourth-order valence-electron chi connectivity index (χ4n) is 3.93. The van der Waals surface area contributed by atoms with Crippen molar-refractivity contribution >= 4 is 11.5 Å². The van der Waals surface area contributed by atoms with Crippen LogP contribution in [-0.4, -0.2) is 28.7 Å². The Morgan fingerprint density at radius 3 is 2.73 bits per heavy atom. The molecule has 1 aromatic heterocycles. The first kappa shape index (κ1) is 18.5. The third-order valence-electron chi connectivity index (χ3n) is 5.55. The molecule has 1 aliphatic heterocycles. The number of benzene rings is 1. The van der Waals surface area contributed by atoms with Crippen molar-refractivity contribution in [1.82, 2.24) is 9.88 Å². The maximum atomic E-state index is 11.9. The second kappa shape index (κ2) is 7.92. The van der Waals surface area contributed by atoms with Gasteiger partial charge < -0.3 is 15.0 Å². The van der Waals surface area contributed by atoms with Gasteiger partial charge in [0.2, 0.25) is 0 Å². The van der Waals surface area contributed by atoms with E-state index in [4.69, 9.17) is 0 Å². The molecule has 2 aromatic rings. The van der Waals surface area contributed by atoms with E-state index in [-0.39, 0.29) is 0 Å². The van der Waals surface area contributed by atoms with Crippen molar-refractivity contribution in [3.63, 3.8) is 0 Å². The fourth-order valence-corrected chi connectivity index (χ4v) is 3.93. The van der Waals surface area contributed by atoms with Crippen LogP contribution in [0.3, 0.4) is 0 Å². The van der Waals surface area contributed by atoms with Crippen LogP contribution in [0.4, 0.5) is 0 Å². The van der Waals surface area contributed by atoms with Crippen LogP contribution in [0.2, 0.25) is 0 Å². The maximum Gasteiger partial charge on any atom is 0.310 e. The summed E-state index contributed by atoms with van der Waals surface area (Å²) in [5.41, 5.74) is 4.14. The summed E-state index contributed by atoms with van der Waals surface area (Å²) in [6.45, 7) is 3.61. The topological polar surface area (TPSA) is 54.3 Å². The van der Waals surface area contributed by atoms with Crippen LogP contribution in [0, 0.1) is 12.3 Å². The Balaban J connectivity index is 1.89. The van der Waals surface area contributed by atoms with Gasteiger partial charge in [-0.1, -0.05) is 30.3 Å². The minimum Gasteiger partial charge on any atom is -0.481 e. The molecule has 1 saturated heterocycles. The zero-order chi connectivity index (χ0) is 18.6. The number of hydrogen-bond donors (Lipinski definition) is 2. The number of allylic oxidation sites excluding steroid dienone is 1. The number of piperidine rings is 1. The van der Waals surface area contributed by atoms with Gasteiger partial charge in [0.05, 0.1) is 5.41 Å². The predicted molar refractivity (Wildman–Crippen MR) is 105 cm³/mol. The molecule has 1 atom stereocenters. The monoisotopic (exact) mass is 352 g/mol. The Morgan fingerprint density at radius 2 is 2.12 bits per heavy atom. The van der Waals surface area contributed by atoms with Crippen LogP contribution in [0.25, 0.3) is 5.57 Å². The van der Waals surface area contributed by atoms with Crippen LogP contribution in [0.5, 0.6) is 0 Å². The summed E-state index contributed by atoms with van der Waals surface area (Å²) in [4.78, 5) is 11.9. The minimum atomic E-state index is -0.672. The molecule has 0 radical (unpaired) electrons. The number of hydrogen-bond acceptors (Lipinski definition) is 2. The molecule has 4 heteroatoms. The van der Waals surface area contributed by atoms with Gasteiger partial charge in [-0.3, -0.25) is 4.79 Å². The molecule has 1 unspecified atom stereocenters. The molecule has 0 saturated carbocycles. The average Bonchev–Trinajstić information content (AvgIpc) is 3.06. The quantitative estimate of drug-likeness (QED) is 0.826. The molecule has 1 aromatic carbocycles. The van der Waals surface area contributed by atoms with Crippen molar-refractivity contribution in [3.05, 3.63) is 65.5 Å². The van der Waals surface area contributed by atoms with Gasteiger partial charge in [-0.05, 0) is 62.4 Å². The van der Waals surface area contributed by atoms with Gasteiger partial charge in [0.1, 0.15) is 0 Å². The molecule has 1 aliphatic rings. The number of carboxylic acid groups (broad SMARTS) is 1. The predicted octanol–water partition coefficient (Wildman–Crippen LogP) is 4.00. The average molecular weight is 352 g/mol. The third kappa shape index (κ3) is 3.75. The lowest BCUT2D eigenvalue weighted by Gasteiger charge is -2.33. The number of nitrogens with one attached hydrogen (secondary N) is 1. The highest BCUT2D eigenvalue weighted by atomic mass is 16.4. The number of aryl methyl sites for hydroxylation is 2. The van der Waals surface area contributed by atoms with Crippen molar-refractivity contribution in [3.8, 4) is 0 Å². The van der Waals surface area contributed by atoms with E-state index in [1.807, 2.05) is 19.3 Å². The van der Waals surface area contributed by atoms with Crippen molar-refractivity contribution in [1.29, 1.82) is 0 Å². The largest absolute Gasteiger partial charge is 0.481 e. The number of rotatable bonds is 6. The molecule has 2 heterocycles. The van der Waals surface area contributed by atoms with E-state index in [9.17, 15) is 9.90 Å². The number of carboxylic acids is 1. The van der Waals surface area contributed by atoms with Gasteiger partial charge in [0.15, 0.2) is 0 Å². The highest BCUT2D eigenvalue weighted by Crippen LogP contribution is 2.34. The number of aromatic nitrogens is 1. The Hall–Kier alpha value is -2.33.